The van der Waals surface area contributed by atoms with Crippen molar-refractivity contribution in [2.24, 2.45) is 0 Å². The van der Waals surface area contributed by atoms with Crippen molar-refractivity contribution in [2.45, 2.75) is 58.3 Å². The van der Waals surface area contributed by atoms with Gasteiger partial charge in [0.25, 0.3) is 0 Å². The van der Waals surface area contributed by atoms with Gasteiger partial charge in [0.1, 0.15) is 0 Å². The number of benzene rings is 2. The van der Waals surface area contributed by atoms with E-state index in [4.69, 9.17) is 0 Å². The lowest BCUT2D eigenvalue weighted by molar-refractivity contribution is 0.282. The van der Waals surface area contributed by atoms with E-state index >= 15 is 0 Å². The summed E-state index contributed by atoms with van der Waals surface area (Å²) in [5.74, 6) is 0.101. The van der Waals surface area contributed by atoms with Gasteiger partial charge in [-0.15, -0.1) is 0 Å². The van der Waals surface area contributed by atoms with E-state index in [-0.39, 0.29) is 23.4 Å². The van der Waals surface area contributed by atoms with E-state index in [1.54, 1.807) is 0 Å². The van der Waals surface area contributed by atoms with Crippen molar-refractivity contribution in [1.29, 1.82) is 0 Å². The summed E-state index contributed by atoms with van der Waals surface area (Å²) in [6, 6.07) is 13.5. The molecule has 0 amide bonds. The average molecular weight is 308 g/mol. The minimum Gasteiger partial charge on any atom is -0.395 e. The molecular formula is C22H28O. The molecule has 0 aliphatic heterocycles. The van der Waals surface area contributed by atoms with E-state index in [9.17, 15) is 5.11 Å². The highest BCUT2D eigenvalue weighted by molar-refractivity contribution is 5.79. The molecule has 0 saturated heterocycles. The molecule has 0 saturated carbocycles. The Morgan fingerprint density at radius 1 is 0.739 bits per heavy atom. The number of fused-ring (bicyclic) bond motifs is 3. The highest BCUT2D eigenvalue weighted by Crippen LogP contribution is 2.47. The molecule has 2 aromatic rings. The van der Waals surface area contributed by atoms with E-state index < -0.39 is 0 Å². The summed E-state index contributed by atoms with van der Waals surface area (Å²) < 4.78 is 0. The first-order valence-electron chi connectivity index (χ1n) is 8.53. The fourth-order valence-corrected chi connectivity index (χ4v) is 3.49. The Morgan fingerprint density at radius 2 is 1.13 bits per heavy atom. The quantitative estimate of drug-likeness (QED) is 0.749. The molecule has 0 heterocycles. The molecule has 1 aliphatic rings. The summed E-state index contributed by atoms with van der Waals surface area (Å²) in [4.78, 5) is 0. The van der Waals surface area contributed by atoms with Gasteiger partial charge in [-0.1, -0.05) is 77.9 Å². The van der Waals surface area contributed by atoms with Crippen LogP contribution in [0.25, 0.3) is 11.1 Å². The first-order valence-corrected chi connectivity index (χ1v) is 8.53. The SMILES string of the molecule is CC(C)(C)c1ccc2c(c1)C(CO)c1cc(C(C)(C)C)ccc1-2. The summed E-state index contributed by atoms with van der Waals surface area (Å²) in [6.45, 7) is 13.6. The van der Waals surface area contributed by atoms with E-state index in [1.165, 1.54) is 33.4 Å². The summed E-state index contributed by atoms with van der Waals surface area (Å²) >= 11 is 0. The van der Waals surface area contributed by atoms with Gasteiger partial charge in [-0.25, -0.2) is 0 Å². The number of hydrogen-bond acceptors (Lipinski definition) is 1. The van der Waals surface area contributed by atoms with Crippen LogP contribution in [-0.4, -0.2) is 11.7 Å². The molecule has 0 bridgehead atoms. The fraction of sp³-hybridized carbons (Fsp3) is 0.455. The molecule has 2 aromatic carbocycles. The minimum absolute atomic E-state index is 0.101. The Labute approximate surface area is 140 Å². The van der Waals surface area contributed by atoms with Crippen molar-refractivity contribution >= 4 is 0 Å². The first kappa shape index (κ1) is 16.3. The topological polar surface area (TPSA) is 20.2 Å². The van der Waals surface area contributed by atoms with Gasteiger partial charge in [0, 0.05) is 5.92 Å². The lowest BCUT2D eigenvalue weighted by Gasteiger charge is -2.21. The van der Waals surface area contributed by atoms with Gasteiger partial charge in [0.2, 0.25) is 0 Å². The Morgan fingerprint density at radius 3 is 1.43 bits per heavy atom. The maximum Gasteiger partial charge on any atom is 0.0540 e. The van der Waals surface area contributed by atoms with Gasteiger partial charge in [0.15, 0.2) is 0 Å². The Balaban J connectivity index is 2.17. The van der Waals surface area contributed by atoms with Gasteiger partial charge in [-0.05, 0) is 44.2 Å². The fourth-order valence-electron chi connectivity index (χ4n) is 3.49. The zero-order chi connectivity index (χ0) is 17.0. The van der Waals surface area contributed by atoms with Crippen LogP contribution in [0.3, 0.4) is 0 Å². The average Bonchev–Trinajstić information content (AvgIpc) is 2.77. The number of aliphatic hydroxyl groups is 1. The summed E-state index contributed by atoms with van der Waals surface area (Å²) in [5, 5.41) is 10.0. The highest BCUT2D eigenvalue weighted by Gasteiger charge is 2.30. The zero-order valence-electron chi connectivity index (χ0n) is 15.2. The molecule has 1 aliphatic carbocycles. The number of aliphatic hydroxyl groups excluding tert-OH is 1. The Bertz CT molecular complexity index is 678. The third kappa shape index (κ3) is 2.72. The molecule has 23 heavy (non-hydrogen) atoms. The van der Waals surface area contributed by atoms with E-state index in [0.29, 0.717) is 0 Å². The normalized spacial score (nSPS) is 14.7. The van der Waals surface area contributed by atoms with Crippen LogP contribution in [-0.2, 0) is 10.8 Å². The molecule has 1 heteroatoms. The monoisotopic (exact) mass is 308 g/mol. The molecule has 1 nitrogen and oxygen atoms in total. The molecule has 0 unspecified atom stereocenters. The third-order valence-electron chi connectivity index (χ3n) is 5.06. The van der Waals surface area contributed by atoms with Crippen LogP contribution in [0.5, 0.6) is 0 Å². The maximum atomic E-state index is 10.0. The molecule has 0 spiro atoms. The van der Waals surface area contributed by atoms with Gasteiger partial charge < -0.3 is 5.11 Å². The predicted octanol–water partition coefficient (Wildman–Crippen LogP) is 5.39. The molecule has 0 fully saturated rings. The molecule has 1 N–H and O–H groups in total. The van der Waals surface area contributed by atoms with Crippen LogP contribution in [0.4, 0.5) is 0 Å². The summed E-state index contributed by atoms with van der Waals surface area (Å²) in [6.07, 6.45) is 0. The zero-order valence-corrected chi connectivity index (χ0v) is 15.2. The molecular weight excluding hydrogens is 280 g/mol. The standard InChI is InChI=1S/C22H28O/c1-21(2,3)14-7-9-16-17-10-8-15(22(4,5)6)12-19(17)20(13-23)18(16)11-14/h7-12,20,23H,13H2,1-6H3. The molecule has 0 radical (unpaired) electrons. The van der Waals surface area contributed by atoms with Crippen molar-refractivity contribution in [3.63, 3.8) is 0 Å². The minimum atomic E-state index is 0.101. The van der Waals surface area contributed by atoms with Crippen molar-refractivity contribution in [3.05, 3.63) is 58.7 Å². The second kappa shape index (κ2) is 5.21. The second-order valence-electron chi connectivity index (χ2n) is 8.84. The smallest absolute Gasteiger partial charge is 0.0540 e. The van der Waals surface area contributed by atoms with Crippen molar-refractivity contribution in [2.75, 3.05) is 6.61 Å². The predicted molar refractivity (Wildman–Crippen MR) is 98.2 cm³/mol. The lowest BCUT2D eigenvalue weighted by atomic mass is 9.83. The van der Waals surface area contributed by atoms with Gasteiger partial charge >= 0.3 is 0 Å². The lowest BCUT2D eigenvalue weighted by Crippen LogP contribution is -2.13. The van der Waals surface area contributed by atoms with Gasteiger partial charge in [-0.3, -0.25) is 0 Å². The molecule has 3 rings (SSSR count). The summed E-state index contributed by atoms with van der Waals surface area (Å²) in [7, 11) is 0. The summed E-state index contributed by atoms with van der Waals surface area (Å²) in [5.41, 5.74) is 8.04. The first-order chi connectivity index (χ1) is 10.6. The van der Waals surface area contributed by atoms with Gasteiger partial charge in [-0.2, -0.15) is 0 Å². The number of rotatable bonds is 1. The van der Waals surface area contributed by atoms with Crippen LogP contribution in [0.1, 0.15) is 69.7 Å². The molecule has 0 aromatic heterocycles. The van der Waals surface area contributed by atoms with Crippen LogP contribution in [0.15, 0.2) is 36.4 Å². The second-order valence-corrected chi connectivity index (χ2v) is 8.84. The molecule has 122 valence electrons. The Kier molecular flexibility index (Phi) is 3.68. The van der Waals surface area contributed by atoms with Crippen LogP contribution in [0, 0.1) is 0 Å². The highest BCUT2D eigenvalue weighted by atomic mass is 16.3. The van der Waals surface area contributed by atoms with Crippen molar-refractivity contribution < 1.29 is 5.11 Å². The Hall–Kier alpha value is -1.60. The van der Waals surface area contributed by atoms with E-state index in [1.807, 2.05) is 0 Å². The van der Waals surface area contributed by atoms with Crippen LogP contribution < -0.4 is 0 Å². The molecule has 0 atom stereocenters. The van der Waals surface area contributed by atoms with E-state index in [2.05, 4.69) is 77.9 Å². The van der Waals surface area contributed by atoms with Crippen LogP contribution in [0.2, 0.25) is 0 Å². The van der Waals surface area contributed by atoms with Crippen LogP contribution >= 0.6 is 0 Å². The van der Waals surface area contributed by atoms with E-state index in [0.717, 1.165) is 0 Å². The third-order valence-corrected chi connectivity index (χ3v) is 5.06. The van der Waals surface area contributed by atoms with Gasteiger partial charge in [0.05, 0.1) is 6.61 Å². The van der Waals surface area contributed by atoms with Crippen molar-refractivity contribution in [1.82, 2.24) is 0 Å². The van der Waals surface area contributed by atoms with Crippen molar-refractivity contribution in [3.8, 4) is 11.1 Å². The number of hydrogen-bond donors (Lipinski definition) is 1. The maximum absolute atomic E-state index is 10.0. The largest absolute Gasteiger partial charge is 0.395 e.